The van der Waals surface area contributed by atoms with E-state index in [1.54, 1.807) is 24.4 Å². The van der Waals surface area contributed by atoms with Crippen LogP contribution in [0.3, 0.4) is 0 Å². The van der Waals surface area contributed by atoms with Crippen LogP contribution >= 0.6 is 0 Å². The Morgan fingerprint density at radius 1 is 0.971 bits per heavy atom. The lowest BCUT2D eigenvalue weighted by Crippen LogP contribution is -2.13. The van der Waals surface area contributed by atoms with Gasteiger partial charge in [0.2, 0.25) is 11.7 Å². The molecule has 2 aromatic carbocycles. The molecule has 0 atom stereocenters. The molecule has 176 valence electrons. The van der Waals surface area contributed by atoms with Crippen LogP contribution in [0, 0.1) is 18.6 Å². The molecule has 7 nitrogen and oxygen atoms in total. The van der Waals surface area contributed by atoms with Crippen LogP contribution in [-0.2, 0) is 4.74 Å². The van der Waals surface area contributed by atoms with E-state index < -0.39 is 11.6 Å². The number of pyridine rings is 1. The highest BCUT2D eigenvalue weighted by molar-refractivity contribution is 5.71. The molecule has 0 aliphatic heterocycles. The van der Waals surface area contributed by atoms with Crippen LogP contribution in [-0.4, -0.2) is 40.9 Å². The highest BCUT2D eigenvalue weighted by Crippen LogP contribution is 2.36. The second-order valence-electron chi connectivity index (χ2n) is 7.33. The normalized spacial score (nSPS) is 10.9. The van der Waals surface area contributed by atoms with Crippen molar-refractivity contribution in [2.45, 2.75) is 6.92 Å². The van der Waals surface area contributed by atoms with Gasteiger partial charge in [-0.2, -0.15) is 4.39 Å². The van der Waals surface area contributed by atoms with Crippen molar-refractivity contribution in [2.75, 3.05) is 26.4 Å². The zero-order chi connectivity index (χ0) is 23.9. The average molecular weight is 466 g/mol. The summed E-state index contributed by atoms with van der Waals surface area (Å²) < 4.78 is 48.2. The lowest BCUT2D eigenvalue weighted by Gasteiger charge is -2.16. The number of para-hydroxylation sites is 1. The van der Waals surface area contributed by atoms with Gasteiger partial charge in [-0.15, -0.1) is 0 Å². The summed E-state index contributed by atoms with van der Waals surface area (Å²) in [5, 5.41) is 0. The van der Waals surface area contributed by atoms with E-state index in [2.05, 4.69) is 9.97 Å². The summed E-state index contributed by atoms with van der Waals surface area (Å²) in [6.45, 7) is 3.48. The van der Waals surface area contributed by atoms with E-state index in [1.165, 1.54) is 29.2 Å². The largest absolute Gasteiger partial charge is 0.490 e. The summed E-state index contributed by atoms with van der Waals surface area (Å²) in [5.41, 5.74) is 7.53. The minimum absolute atomic E-state index is 0.0166. The van der Waals surface area contributed by atoms with Crippen molar-refractivity contribution in [1.82, 2.24) is 14.5 Å². The number of hydrogen-bond donors (Lipinski definition) is 1. The first-order valence-corrected chi connectivity index (χ1v) is 10.7. The molecule has 2 aromatic heterocycles. The number of hydrogen-bond acceptors (Lipinski definition) is 6. The van der Waals surface area contributed by atoms with Crippen molar-refractivity contribution < 1.29 is 23.0 Å². The predicted molar refractivity (Wildman–Crippen MR) is 123 cm³/mol. The van der Waals surface area contributed by atoms with Crippen LogP contribution in [0.5, 0.6) is 17.4 Å². The fraction of sp³-hybridized carbons (Fsp3) is 0.200. The molecule has 0 spiro atoms. The summed E-state index contributed by atoms with van der Waals surface area (Å²) >= 11 is 0. The van der Waals surface area contributed by atoms with Crippen LogP contribution < -0.4 is 15.2 Å². The molecule has 0 aliphatic rings. The van der Waals surface area contributed by atoms with Gasteiger partial charge in [0.15, 0.2) is 11.6 Å². The Kier molecular flexibility index (Phi) is 7.46. The minimum atomic E-state index is -1.12. The Morgan fingerprint density at radius 3 is 2.65 bits per heavy atom. The van der Waals surface area contributed by atoms with Crippen LogP contribution in [0.1, 0.15) is 5.56 Å². The lowest BCUT2D eigenvalue weighted by molar-refractivity contribution is 0.106. The fourth-order valence-corrected chi connectivity index (χ4v) is 3.43. The smallest absolute Gasteiger partial charge is 0.219 e. The van der Waals surface area contributed by atoms with E-state index >= 15 is 4.39 Å². The van der Waals surface area contributed by atoms with Gasteiger partial charge in [-0.25, -0.2) is 14.4 Å². The molecule has 9 heteroatoms. The zero-order valence-corrected chi connectivity index (χ0v) is 18.6. The van der Waals surface area contributed by atoms with Gasteiger partial charge in [0.25, 0.3) is 0 Å². The molecule has 0 bridgehead atoms. The number of aromatic nitrogens is 3. The first-order valence-electron chi connectivity index (χ1n) is 10.7. The van der Waals surface area contributed by atoms with Gasteiger partial charge in [-0.3, -0.25) is 4.57 Å². The van der Waals surface area contributed by atoms with Crippen LogP contribution in [0.4, 0.5) is 8.78 Å². The summed E-state index contributed by atoms with van der Waals surface area (Å²) in [6, 6.07) is 13.3. The maximum Gasteiger partial charge on any atom is 0.219 e. The van der Waals surface area contributed by atoms with Crippen molar-refractivity contribution in [1.29, 1.82) is 0 Å². The third-order valence-corrected chi connectivity index (χ3v) is 5.00. The molecule has 0 amide bonds. The molecule has 0 saturated heterocycles. The molecular weight excluding hydrogens is 442 g/mol. The number of nitrogens with zero attached hydrogens (tertiary/aromatic N) is 3. The molecule has 4 rings (SSSR count). The highest BCUT2D eigenvalue weighted by atomic mass is 19.2. The number of imidazole rings is 1. The Morgan fingerprint density at radius 2 is 1.85 bits per heavy atom. The first-order chi connectivity index (χ1) is 16.6. The van der Waals surface area contributed by atoms with Crippen LogP contribution in [0.2, 0.25) is 0 Å². The maximum absolute atomic E-state index is 15.1. The third kappa shape index (κ3) is 5.05. The quantitative estimate of drug-likeness (QED) is 0.342. The van der Waals surface area contributed by atoms with E-state index in [4.69, 9.17) is 19.9 Å². The topological polar surface area (TPSA) is 84.4 Å². The van der Waals surface area contributed by atoms with E-state index in [9.17, 15) is 4.39 Å². The van der Waals surface area contributed by atoms with Crippen molar-refractivity contribution >= 4 is 0 Å². The molecule has 0 radical (unpaired) electrons. The lowest BCUT2D eigenvalue weighted by atomic mass is 10.1. The number of rotatable bonds is 10. The van der Waals surface area contributed by atoms with Crippen molar-refractivity contribution in [2.24, 2.45) is 5.73 Å². The molecule has 0 saturated carbocycles. The Bertz CT molecular complexity index is 1250. The summed E-state index contributed by atoms with van der Waals surface area (Å²) in [6.07, 6.45) is 4.49. The SMILES string of the molecule is Cc1cccc(-c2cncn2-c2ccc(Oc3ccccn3)c(F)c2F)c1OCCOCCN. The van der Waals surface area contributed by atoms with Gasteiger partial charge in [-0.1, -0.05) is 18.2 Å². The number of aryl methyl sites for hydroxylation is 1. The van der Waals surface area contributed by atoms with Crippen LogP contribution in [0.25, 0.3) is 16.9 Å². The van der Waals surface area contributed by atoms with Gasteiger partial charge >= 0.3 is 0 Å². The summed E-state index contributed by atoms with van der Waals surface area (Å²) in [7, 11) is 0. The summed E-state index contributed by atoms with van der Waals surface area (Å²) in [4.78, 5) is 8.14. The van der Waals surface area contributed by atoms with E-state index in [0.29, 0.717) is 43.4 Å². The number of benzene rings is 2. The second-order valence-corrected chi connectivity index (χ2v) is 7.33. The van der Waals surface area contributed by atoms with Crippen molar-refractivity contribution in [3.05, 3.63) is 84.4 Å². The van der Waals surface area contributed by atoms with Crippen molar-refractivity contribution in [3.8, 4) is 34.3 Å². The second kappa shape index (κ2) is 10.9. The Balaban J connectivity index is 1.65. The van der Waals surface area contributed by atoms with Gasteiger partial charge in [0.1, 0.15) is 12.4 Å². The molecule has 0 unspecified atom stereocenters. The Hall–Kier alpha value is -3.82. The van der Waals surface area contributed by atoms with Gasteiger partial charge in [0.05, 0.1) is 37.1 Å². The maximum atomic E-state index is 15.1. The Labute approximate surface area is 195 Å². The molecule has 2 N–H and O–H groups in total. The number of nitrogens with two attached hydrogens (primary N) is 1. The molecule has 0 aliphatic carbocycles. The fourth-order valence-electron chi connectivity index (χ4n) is 3.43. The standard InChI is InChI=1S/C25H24F2N4O3/c1-17-5-4-6-18(25(17)33-14-13-32-12-10-28)20-15-29-16-31(20)19-8-9-21(24(27)23(19)26)34-22-7-2-3-11-30-22/h2-9,11,15-16H,10,12-14,28H2,1H3. The van der Waals surface area contributed by atoms with Crippen LogP contribution in [0.15, 0.2) is 67.3 Å². The van der Waals surface area contributed by atoms with E-state index in [-0.39, 0.29) is 17.3 Å². The monoisotopic (exact) mass is 466 g/mol. The predicted octanol–water partition coefficient (Wildman–Crippen LogP) is 4.67. The van der Waals surface area contributed by atoms with Gasteiger partial charge in [0, 0.05) is 24.4 Å². The first kappa shape index (κ1) is 23.3. The average Bonchev–Trinajstić information content (AvgIpc) is 3.33. The van der Waals surface area contributed by atoms with Gasteiger partial charge in [-0.05, 0) is 36.8 Å². The molecule has 34 heavy (non-hydrogen) atoms. The third-order valence-electron chi connectivity index (χ3n) is 5.00. The zero-order valence-electron chi connectivity index (χ0n) is 18.6. The number of ether oxygens (including phenoxy) is 3. The van der Waals surface area contributed by atoms with E-state index in [0.717, 1.165) is 5.56 Å². The minimum Gasteiger partial charge on any atom is -0.490 e. The number of halogens is 2. The van der Waals surface area contributed by atoms with Crippen molar-refractivity contribution in [3.63, 3.8) is 0 Å². The molecule has 2 heterocycles. The molecular formula is C25H24F2N4O3. The van der Waals surface area contributed by atoms with Gasteiger partial charge < -0.3 is 19.9 Å². The summed E-state index contributed by atoms with van der Waals surface area (Å²) in [5.74, 6) is -1.69. The molecule has 4 aromatic rings. The highest BCUT2D eigenvalue weighted by Gasteiger charge is 2.20. The van der Waals surface area contributed by atoms with E-state index in [1.807, 2.05) is 25.1 Å². The molecule has 0 fully saturated rings.